The zero-order chi connectivity index (χ0) is 18.0. The van der Waals surface area contributed by atoms with Crippen LogP contribution in [0.4, 0.5) is 4.79 Å². The van der Waals surface area contributed by atoms with Crippen LogP contribution in [0.2, 0.25) is 0 Å². The van der Waals surface area contributed by atoms with Gasteiger partial charge in [0.25, 0.3) is 0 Å². The summed E-state index contributed by atoms with van der Waals surface area (Å²) in [5, 5.41) is 2.72. The third kappa shape index (κ3) is 13.8. The number of methoxy groups -OCH3 is 1. The Labute approximate surface area is 151 Å². The summed E-state index contributed by atoms with van der Waals surface area (Å²) in [7, 11) is 1.64. The first-order valence-electron chi connectivity index (χ1n) is 9.14. The zero-order valence-electron chi connectivity index (χ0n) is 15.4. The van der Waals surface area contributed by atoms with Gasteiger partial charge in [-0.1, -0.05) is 12.2 Å². The van der Waals surface area contributed by atoms with E-state index in [1.165, 1.54) is 0 Å². The molecule has 1 unspecified atom stereocenters. The van der Waals surface area contributed by atoms with E-state index in [4.69, 9.17) is 23.7 Å². The number of ether oxygens (including phenoxy) is 5. The Morgan fingerprint density at radius 2 is 1.56 bits per heavy atom. The van der Waals surface area contributed by atoms with E-state index in [0.717, 1.165) is 32.1 Å². The minimum absolute atomic E-state index is 0.0189. The first-order valence-corrected chi connectivity index (χ1v) is 9.14. The van der Waals surface area contributed by atoms with Crippen molar-refractivity contribution in [3.63, 3.8) is 0 Å². The molecule has 25 heavy (non-hydrogen) atoms. The summed E-state index contributed by atoms with van der Waals surface area (Å²) in [5.41, 5.74) is 0. The zero-order valence-corrected chi connectivity index (χ0v) is 15.4. The Kier molecular flexibility index (Phi) is 14.3. The summed E-state index contributed by atoms with van der Waals surface area (Å²) in [4.78, 5) is 11.7. The fraction of sp³-hybridized carbons (Fsp3) is 0.833. The Balaban J connectivity index is 1.85. The molecule has 1 N–H and O–H groups in total. The molecule has 7 nitrogen and oxygen atoms in total. The molecule has 0 aromatic rings. The van der Waals surface area contributed by atoms with Gasteiger partial charge in [0.1, 0.15) is 6.10 Å². The third-order valence-electron chi connectivity index (χ3n) is 3.68. The standard InChI is InChI=1S/C18H33NO6/c1-21-11-12-23-15-16-24-14-13-22-10-9-19-18(20)25-17-7-5-3-2-4-6-8-17/h2-3,17H,4-16H2,1H3,(H,19,20)/b3-2+. The Morgan fingerprint density at radius 3 is 2.28 bits per heavy atom. The molecule has 1 aliphatic rings. The summed E-state index contributed by atoms with van der Waals surface area (Å²) in [6.07, 6.45) is 8.95. The molecule has 0 aromatic heterocycles. The molecule has 0 heterocycles. The second kappa shape index (κ2) is 16.3. The number of rotatable bonds is 13. The van der Waals surface area contributed by atoms with Gasteiger partial charge in [-0.15, -0.1) is 0 Å². The molecule has 0 saturated carbocycles. The van der Waals surface area contributed by atoms with E-state index in [-0.39, 0.29) is 12.2 Å². The highest BCUT2D eigenvalue weighted by molar-refractivity contribution is 5.67. The van der Waals surface area contributed by atoms with Crippen molar-refractivity contribution in [3.8, 4) is 0 Å². The molecular weight excluding hydrogens is 326 g/mol. The number of allylic oxidation sites excluding steroid dienone is 2. The van der Waals surface area contributed by atoms with Crippen LogP contribution in [0.25, 0.3) is 0 Å². The van der Waals surface area contributed by atoms with E-state index in [1.54, 1.807) is 7.11 Å². The molecule has 0 spiro atoms. The molecule has 0 aromatic carbocycles. The van der Waals surface area contributed by atoms with Crippen LogP contribution in [0.15, 0.2) is 12.2 Å². The van der Waals surface area contributed by atoms with Crippen molar-refractivity contribution < 1.29 is 28.5 Å². The first kappa shape index (κ1) is 21.9. The van der Waals surface area contributed by atoms with E-state index in [1.807, 2.05) is 0 Å². The Morgan fingerprint density at radius 1 is 0.920 bits per heavy atom. The molecule has 0 aliphatic heterocycles. The molecule has 0 radical (unpaired) electrons. The van der Waals surface area contributed by atoms with Crippen molar-refractivity contribution in [1.29, 1.82) is 0 Å². The maximum atomic E-state index is 11.7. The molecule has 1 atom stereocenters. The van der Waals surface area contributed by atoms with Crippen molar-refractivity contribution >= 4 is 6.09 Å². The maximum absolute atomic E-state index is 11.7. The van der Waals surface area contributed by atoms with Crippen molar-refractivity contribution in [2.45, 2.75) is 38.2 Å². The van der Waals surface area contributed by atoms with Crippen molar-refractivity contribution in [3.05, 3.63) is 12.2 Å². The predicted molar refractivity (Wildman–Crippen MR) is 94.8 cm³/mol. The van der Waals surface area contributed by atoms with Gasteiger partial charge in [0.15, 0.2) is 0 Å². The van der Waals surface area contributed by atoms with Crippen molar-refractivity contribution in [2.24, 2.45) is 0 Å². The van der Waals surface area contributed by atoms with E-state index >= 15 is 0 Å². The highest BCUT2D eigenvalue weighted by atomic mass is 16.6. The van der Waals surface area contributed by atoms with E-state index < -0.39 is 0 Å². The van der Waals surface area contributed by atoms with Crippen LogP contribution >= 0.6 is 0 Å². The molecule has 0 saturated heterocycles. The number of hydrogen-bond acceptors (Lipinski definition) is 6. The molecule has 7 heteroatoms. The summed E-state index contributed by atoms with van der Waals surface area (Å²) < 4.78 is 26.3. The van der Waals surface area contributed by atoms with E-state index in [0.29, 0.717) is 52.8 Å². The van der Waals surface area contributed by atoms with Crippen LogP contribution in [0.3, 0.4) is 0 Å². The van der Waals surface area contributed by atoms with Gasteiger partial charge in [-0.3, -0.25) is 0 Å². The minimum Gasteiger partial charge on any atom is -0.446 e. The van der Waals surface area contributed by atoms with Crippen LogP contribution in [-0.2, 0) is 23.7 Å². The van der Waals surface area contributed by atoms with Crippen LogP contribution < -0.4 is 5.32 Å². The van der Waals surface area contributed by atoms with Gasteiger partial charge in [0, 0.05) is 13.7 Å². The number of nitrogens with one attached hydrogen (secondary N) is 1. The van der Waals surface area contributed by atoms with Crippen LogP contribution in [-0.4, -0.2) is 72.1 Å². The number of hydrogen-bond donors (Lipinski definition) is 1. The first-order chi connectivity index (χ1) is 12.3. The van der Waals surface area contributed by atoms with Crippen molar-refractivity contribution in [1.82, 2.24) is 5.32 Å². The molecule has 146 valence electrons. The largest absolute Gasteiger partial charge is 0.446 e. The third-order valence-corrected chi connectivity index (χ3v) is 3.68. The van der Waals surface area contributed by atoms with Gasteiger partial charge in [-0.25, -0.2) is 4.79 Å². The second-order valence-corrected chi connectivity index (χ2v) is 5.76. The number of alkyl carbamates (subject to hydrolysis) is 1. The summed E-state index contributed by atoms with van der Waals surface area (Å²) in [6, 6.07) is 0. The van der Waals surface area contributed by atoms with Gasteiger partial charge in [-0.05, 0) is 32.1 Å². The minimum atomic E-state index is -0.359. The molecule has 0 fully saturated rings. The molecular formula is C18H33NO6. The highest BCUT2D eigenvalue weighted by Gasteiger charge is 2.14. The van der Waals surface area contributed by atoms with Gasteiger partial charge >= 0.3 is 6.09 Å². The fourth-order valence-corrected chi connectivity index (χ4v) is 2.35. The van der Waals surface area contributed by atoms with Crippen LogP contribution in [0, 0.1) is 0 Å². The number of carbonyl (C=O) groups is 1. The van der Waals surface area contributed by atoms with Crippen molar-refractivity contribution in [2.75, 3.05) is 59.9 Å². The van der Waals surface area contributed by atoms with Gasteiger partial charge < -0.3 is 29.0 Å². The lowest BCUT2D eigenvalue weighted by atomic mass is 10.0. The average molecular weight is 359 g/mol. The normalized spacial score (nSPS) is 19.0. The lowest BCUT2D eigenvalue weighted by molar-refractivity contribution is 0.00388. The Bertz CT molecular complexity index is 350. The fourth-order valence-electron chi connectivity index (χ4n) is 2.35. The molecule has 1 amide bonds. The highest BCUT2D eigenvalue weighted by Crippen LogP contribution is 2.15. The summed E-state index contributed by atoms with van der Waals surface area (Å²) in [5.74, 6) is 0. The van der Waals surface area contributed by atoms with Crippen LogP contribution in [0.1, 0.15) is 32.1 Å². The van der Waals surface area contributed by atoms with Crippen LogP contribution in [0.5, 0.6) is 0 Å². The monoisotopic (exact) mass is 359 g/mol. The molecule has 1 rings (SSSR count). The summed E-state index contributed by atoms with van der Waals surface area (Å²) >= 11 is 0. The topological polar surface area (TPSA) is 75.3 Å². The maximum Gasteiger partial charge on any atom is 0.407 e. The molecule has 1 aliphatic carbocycles. The van der Waals surface area contributed by atoms with Gasteiger partial charge in [0.05, 0.1) is 46.2 Å². The number of carbonyl (C=O) groups excluding carboxylic acids is 1. The van der Waals surface area contributed by atoms with E-state index in [9.17, 15) is 4.79 Å². The average Bonchev–Trinajstić information content (AvgIpc) is 2.58. The number of amides is 1. The predicted octanol–water partition coefficient (Wildman–Crippen LogP) is 2.30. The van der Waals surface area contributed by atoms with Gasteiger partial charge in [-0.2, -0.15) is 0 Å². The lowest BCUT2D eigenvalue weighted by Gasteiger charge is -2.18. The SMILES string of the molecule is COCCOCCOCCOCCNC(=O)OC1CC/C=C/CCC1. The van der Waals surface area contributed by atoms with Gasteiger partial charge in [0.2, 0.25) is 0 Å². The lowest BCUT2D eigenvalue weighted by Crippen LogP contribution is -2.31. The Hall–Kier alpha value is -1.15. The summed E-state index contributed by atoms with van der Waals surface area (Å²) in [6.45, 7) is 4.13. The quantitative estimate of drug-likeness (QED) is 0.402. The molecule has 0 bridgehead atoms. The smallest absolute Gasteiger partial charge is 0.407 e. The van der Waals surface area contributed by atoms with E-state index in [2.05, 4.69) is 17.5 Å². The second-order valence-electron chi connectivity index (χ2n) is 5.76.